The van der Waals surface area contributed by atoms with Crippen molar-refractivity contribution in [2.75, 3.05) is 26.8 Å². The van der Waals surface area contributed by atoms with Crippen molar-refractivity contribution in [1.29, 1.82) is 0 Å². The molecule has 0 saturated carbocycles. The van der Waals surface area contributed by atoms with Crippen molar-refractivity contribution in [1.82, 2.24) is 4.90 Å². The van der Waals surface area contributed by atoms with Gasteiger partial charge < -0.3 is 15.6 Å². The van der Waals surface area contributed by atoms with Gasteiger partial charge in [-0.3, -0.25) is 4.90 Å². The fraction of sp³-hybridized carbons (Fsp3) is 0.533. The van der Waals surface area contributed by atoms with Gasteiger partial charge in [0.1, 0.15) is 10.7 Å². The fourth-order valence-corrected chi connectivity index (χ4v) is 2.91. The van der Waals surface area contributed by atoms with Crippen molar-refractivity contribution < 1.29 is 9.84 Å². The van der Waals surface area contributed by atoms with E-state index in [-0.39, 0.29) is 6.61 Å². The molecule has 1 saturated heterocycles. The van der Waals surface area contributed by atoms with Crippen molar-refractivity contribution in [3.05, 3.63) is 29.3 Å². The fourth-order valence-electron chi connectivity index (χ4n) is 2.75. The summed E-state index contributed by atoms with van der Waals surface area (Å²) in [7, 11) is 1.62. The molecule has 0 amide bonds. The van der Waals surface area contributed by atoms with Gasteiger partial charge in [-0.1, -0.05) is 18.3 Å². The highest BCUT2D eigenvalue weighted by Crippen LogP contribution is 2.23. The second-order valence-corrected chi connectivity index (χ2v) is 5.76. The zero-order chi connectivity index (χ0) is 14.5. The number of ether oxygens (including phenoxy) is 1. The first kappa shape index (κ1) is 15.2. The predicted octanol–water partition coefficient (Wildman–Crippen LogP) is 1.53. The molecule has 3 N–H and O–H groups in total. The Bertz CT molecular complexity index is 479. The summed E-state index contributed by atoms with van der Waals surface area (Å²) in [6.45, 7) is 3.16. The molecule has 1 aromatic rings. The third kappa shape index (κ3) is 3.69. The molecule has 20 heavy (non-hydrogen) atoms. The van der Waals surface area contributed by atoms with E-state index in [9.17, 15) is 5.11 Å². The van der Waals surface area contributed by atoms with Crippen LogP contribution in [0.2, 0.25) is 0 Å². The molecule has 1 aliphatic heterocycles. The summed E-state index contributed by atoms with van der Waals surface area (Å²) < 4.78 is 5.27. The van der Waals surface area contributed by atoms with E-state index in [0.717, 1.165) is 38.0 Å². The molecule has 5 heteroatoms. The molecule has 1 aliphatic rings. The third-order valence-corrected chi connectivity index (χ3v) is 4.02. The second-order valence-electron chi connectivity index (χ2n) is 5.32. The molecule has 1 heterocycles. The number of methoxy groups -OCH3 is 1. The summed E-state index contributed by atoms with van der Waals surface area (Å²) >= 11 is 5.07. The Balaban J connectivity index is 2.09. The standard InChI is InChI=1S/C15H22N2O2S/c1-19-14-5-4-11(7-13(14)15(16)20)8-17-6-2-3-12(9-17)10-18/h4-5,7,12,18H,2-3,6,8-10H2,1H3,(H2,16,20). The van der Waals surface area contributed by atoms with Crippen LogP contribution < -0.4 is 10.5 Å². The van der Waals surface area contributed by atoms with Gasteiger partial charge in [0.15, 0.2) is 0 Å². The molecule has 4 nitrogen and oxygen atoms in total. The molecule has 1 aromatic carbocycles. The van der Waals surface area contributed by atoms with E-state index in [2.05, 4.69) is 4.90 Å². The number of likely N-dealkylation sites (tertiary alicyclic amines) is 1. The summed E-state index contributed by atoms with van der Waals surface area (Å²) in [5, 5.41) is 9.28. The molecule has 110 valence electrons. The number of nitrogens with zero attached hydrogens (tertiary/aromatic N) is 1. The summed E-state index contributed by atoms with van der Waals surface area (Å²) in [6.07, 6.45) is 2.26. The number of piperidine rings is 1. The molecule has 1 fully saturated rings. The Labute approximate surface area is 125 Å². The van der Waals surface area contributed by atoms with E-state index in [4.69, 9.17) is 22.7 Å². The molecule has 0 spiro atoms. The van der Waals surface area contributed by atoms with E-state index in [1.54, 1.807) is 7.11 Å². The van der Waals surface area contributed by atoms with E-state index in [1.165, 1.54) is 5.56 Å². The Hall–Kier alpha value is -1.17. The topological polar surface area (TPSA) is 58.7 Å². The molecule has 1 atom stereocenters. The van der Waals surface area contributed by atoms with Gasteiger partial charge in [-0.05, 0) is 43.0 Å². The molecular weight excluding hydrogens is 272 g/mol. The zero-order valence-corrected chi connectivity index (χ0v) is 12.7. The Kier molecular flexibility index (Phi) is 5.34. The maximum absolute atomic E-state index is 9.28. The van der Waals surface area contributed by atoms with Crippen molar-refractivity contribution in [3.63, 3.8) is 0 Å². The van der Waals surface area contributed by atoms with Gasteiger partial charge >= 0.3 is 0 Å². The van der Waals surface area contributed by atoms with Gasteiger partial charge in [-0.2, -0.15) is 0 Å². The number of benzene rings is 1. The first-order valence-electron chi connectivity index (χ1n) is 6.94. The Morgan fingerprint density at radius 3 is 3.00 bits per heavy atom. The molecule has 0 bridgehead atoms. The third-order valence-electron chi connectivity index (χ3n) is 3.80. The van der Waals surface area contributed by atoms with Crippen molar-refractivity contribution >= 4 is 17.2 Å². The van der Waals surface area contributed by atoms with Crippen LogP contribution in [-0.2, 0) is 6.54 Å². The number of hydrogen-bond donors (Lipinski definition) is 2. The minimum atomic E-state index is 0.275. The van der Waals surface area contributed by atoms with Gasteiger partial charge in [-0.15, -0.1) is 0 Å². The monoisotopic (exact) mass is 294 g/mol. The van der Waals surface area contributed by atoms with Gasteiger partial charge in [-0.25, -0.2) is 0 Å². The lowest BCUT2D eigenvalue weighted by Crippen LogP contribution is -2.36. The Morgan fingerprint density at radius 1 is 1.55 bits per heavy atom. The number of nitrogens with two attached hydrogens (primary N) is 1. The van der Waals surface area contributed by atoms with Crippen molar-refractivity contribution in [3.8, 4) is 5.75 Å². The number of thiocarbonyl (C=S) groups is 1. The van der Waals surface area contributed by atoms with Crippen LogP contribution >= 0.6 is 12.2 Å². The molecule has 0 aromatic heterocycles. The van der Waals surface area contributed by atoms with Crippen LogP contribution in [0, 0.1) is 5.92 Å². The van der Waals surface area contributed by atoms with Crippen molar-refractivity contribution in [2.45, 2.75) is 19.4 Å². The van der Waals surface area contributed by atoms with E-state index in [0.29, 0.717) is 16.7 Å². The number of aliphatic hydroxyl groups excluding tert-OH is 1. The van der Waals surface area contributed by atoms with Crippen LogP contribution in [0.5, 0.6) is 5.75 Å². The SMILES string of the molecule is COc1ccc(CN2CCCC(CO)C2)cc1C(N)=S. The summed E-state index contributed by atoms with van der Waals surface area (Å²) in [5.74, 6) is 1.12. The summed E-state index contributed by atoms with van der Waals surface area (Å²) in [5.41, 5.74) is 7.70. The first-order valence-corrected chi connectivity index (χ1v) is 7.34. The largest absolute Gasteiger partial charge is 0.496 e. The van der Waals surface area contributed by atoms with Gasteiger partial charge in [0.05, 0.1) is 12.7 Å². The lowest BCUT2D eigenvalue weighted by atomic mass is 9.98. The van der Waals surface area contributed by atoms with E-state index < -0.39 is 0 Å². The normalized spacial score (nSPS) is 19.8. The van der Waals surface area contributed by atoms with E-state index >= 15 is 0 Å². The minimum Gasteiger partial charge on any atom is -0.496 e. The molecule has 1 unspecified atom stereocenters. The smallest absolute Gasteiger partial charge is 0.129 e. The number of rotatable bonds is 5. The number of aliphatic hydroxyl groups is 1. The number of hydrogen-bond acceptors (Lipinski definition) is 4. The summed E-state index contributed by atoms with van der Waals surface area (Å²) in [4.78, 5) is 2.73. The van der Waals surface area contributed by atoms with Crippen LogP contribution in [0.25, 0.3) is 0 Å². The zero-order valence-electron chi connectivity index (χ0n) is 11.8. The lowest BCUT2D eigenvalue weighted by molar-refractivity contribution is 0.116. The molecule has 0 radical (unpaired) electrons. The van der Waals surface area contributed by atoms with Crippen LogP contribution in [0.4, 0.5) is 0 Å². The molecule has 2 rings (SSSR count). The average molecular weight is 294 g/mol. The maximum Gasteiger partial charge on any atom is 0.129 e. The maximum atomic E-state index is 9.28. The van der Waals surface area contributed by atoms with Crippen molar-refractivity contribution in [2.24, 2.45) is 11.7 Å². The van der Waals surface area contributed by atoms with Gasteiger partial charge in [0.25, 0.3) is 0 Å². The second kappa shape index (κ2) is 7.02. The quantitative estimate of drug-likeness (QED) is 0.807. The first-order chi connectivity index (χ1) is 9.63. The molecular formula is C15H22N2O2S. The van der Waals surface area contributed by atoms with E-state index in [1.807, 2.05) is 18.2 Å². The summed E-state index contributed by atoms with van der Waals surface area (Å²) in [6, 6.07) is 5.96. The van der Waals surface area contributed by atoms with Crippen LogP contribution in [-0.4, -0.2) is 41.8 Å². The lowest BCUT2D eigenvalue weighted by Gasteiger charge is -2.31. The van der Waals surface area contributed by atoms with Gasteiger partial charge in [0, 0.05) is 19.7 Å². The van der Waals surface area contributed by atoms with Gasteiger partial charge in [0.2, 0.25) is 0 Å². The molecule has 0 aliphatic carbocycles. The highest BCUT2D eigenvalue weighted by molar-refractivity contribution is 7.80. The van der Waals surface area contributed by atoms with Crippen LogP contribution in [0.15, 0.2) is 18.2 Å². The van der Waals surface area contributed by atoms with Crippen LogP contribution in [0.3, 0.4) is 0 Å². The Morgan fingerprint density at radius 2 is 2.35 bits per heavy atom. The minimum absolute atomic E-state index is 0.275. The highest BCUT2D eigenvalue weighted by atomic mass is 32.1. The van der Waals surface area contributed by atoms with Crippen LogP contribution in [0.1, 0.15) is 24.0 Å². The highest BCUT2D eigenvalue weighted by Gasteiger charge is 2.19. The predicted molar refractivity (Wildman–Crippen MR) is 84.0 cm³/mol. The average Bonchev–Trinajstić information content (AvgIpc) is 2.47.